The number of amides is 1. The maximum absolute atomic E-state index is 12.7. The molecule has 1 amide bonds. The van der Waals surface area contributed by atoms with Gasteiger partial charge in [0.05, 0.1) is 29.2 Å². The van der Waals surface area contributed by atoms with Crippen molar-refractivity contribution in [1.29, 1.82) is 0 Å². The highest BCUT2D eigenvalue weighted by Crippen LogP contribution is 2.35. The molecule has 0 aliphatic heterocycles. The number of nitrogens with one attached hydrogen (secondary N) is 1. The van der Waals surface area contributed by atoms with Crippen LogP contribution in [0.5, 0.6) is 5.75 Å². The monoisotopic (exact) mass is 522 g/mol. The van der Waals surface area contributed by atoms with Gasteiger partial charge in [-0.3, -0.25) is 14.9 Å². The molecule has 1 aromatic carbocycles. The lowest BCUT2D eigenvalue weighted by molar-refractivity contribution is -0.384. The number of rotatable bonds is 9. The fraction of sp³-hybridized carbons (Fsp3) is 0.227. The minimum atomic E-state index is -0.724. The number of ether oxygens (including phenoxy) is 3. The number of anilines is 1. The van der Waals surface area contributed by atoms with E-state index in [1.807, 2.05) is 0 Å². The summed E-state index contributed by atoms with van der Waals surface area (Å²) in [5.74, 6) is -1.64. The van der Waals surface area contributed by atoms with Crippen molar-refractivity contribution in [1.82, 2.24) is 0 Å². The van der Waals surface area contributed by atoms with Gasteiger partial charge in [0, 0.05) is 12.1 Å². The van der Waals surface area contributed by atoms with Crippen molar-refractivity contribution >= 4 is 51.5 Å². The van der Waals surface area contributed by atoms with E-state index in [2.05, 4.69) is 5.32 Å². The Balaban J connectivity index is 1.74. The van der Waals surface area contributed by atoms with Gasteiger partial charge in [0.25, 0.3) is 11.6 Å². The van der Waals surface area contributed by atoms with Crippen LogP contribution in [0.15, 0.2) is 34.7 Å². The van der Waals surface area contributed by atoms with Crippen molar-refractivity contribution in [2.45, 2.75) is 20.5 Å². The van der Waals surface area contributed by atoms with E-state index in [9.17, 15) is 24.5 Å². The second-order valence-electron chi connectivity index (χ2n) is 6.85. The molecule has 35 heavy (non-hydrogen) atoms. The van der Waals surface area contributed by atoms with Gasteiger partial charge in [-0.1, -0.05) is 11.6 Å². The first kappa shape index (κ1) is 25.7. The molecule has 184 valence electrons. The summed E-state index contributed by atoms with van der Waals surface area (Å²) in [6.45, 7) is 3.24. The van der Waals surface area contributed by atoms with Crippen LogP contribution < -0.4 is 10.1 Å². The molecule has 0 unspecified atom stereocenters. The van der Waals surface area contributed by atoms with E-state index in [0.29, 0.717) is 5.56 Å². The Morgan fingerprint density at radius 2 is 1.94 bits per heavy atom. The molecule has 0 saturated heterocycles. The van der Waals surface area contributed by atoms with Crippen LogP contribution in [0.1, 0.15) is 48.8 Å². The number of halogens is 1. The fourth-order valence-electron chi connectivity index (χ4n) is 2.95. The Labute approximate surface area is 207 Å². The third-order valence-corrected chi connectivity index (χ3v) is 6.09. The molecule has 0 saturated carbocycles. The standard InChI is InChI=1S/C22H19ClN2O9S/c1-4-32-22(28)18-11(2)17(21(27)31-3)20(35-18)24-19(26)16-8-6-13(34-16)10-33-15-7-5-12(25(29)30)9-14(15)23/h5-9H,4,10H2,1-3H3,(H,24,26). The highest BCUT2D eigenvalue weighted by atomic mass is 35.5. The Morgan fingerprint density at radius 3 is 2.57 bits per heavy atom. The fourth-order valence-corrected chi connectivity index (χ4v) is 4.27. The van der Waals surface area contributed by atoms with E-state index in [-0.39, 0.29) is 56.6 Å². The Morgan fingerprint density at radius 1 is 1.20 bits per heavy atom. The maximum Gasteiger partial charge on any atom is 0.348 e. The molecule has 0 atom stereocenters. The molecule has 2 heterocycles. The van der Waals surface area contributed by atoms with Crippen molar-refractivity contribution in [3.63, 3.8) is 0 Å². The van der Waals surface area contributed by atoms with Gasteiger partial charge in [0.2, 0.25) is 0 Å². The number of hydrogen-bond acceptors (Lipinski definition) is 10. The lowest BCUT2D eigenvalue weighted by atomic mass is 10.1. The zero-order valence-corrected chi connectivity index (χ0v) is 20.3. The van der Waals surface area contributed by atoms with Crippen LogP contribution >= 0.6 is 22.9 Å². The number of nitrogens with zero attached hydrogens (tertiary/aromatic N) is 1. The summed E-state index contributed by atoms with van der Waals surface area (Å²) >= 11 is 6.88. The molecule has 0 aliphatic carbocycles. The van der Waals surface area contributed by atoms with Crippen molar-refractivity contribution in [3.8, 4) is 5.75 Å². The number of hydrogen-bond donors (Lipinski definition) is 1. The smallest absolute Gasteiger partial charge is 0.348 e. The van der Waals surface area contributed by atoms with Crippen molar-refractivity contribution in [3.05, 3.63) is 73.0 Å². The minimum Gasteiger partial charge on any atom is -0.484 e. The number of thiophene rings is 1. The molecule has 3 aromatic rings. The number of nitro groups is 1. The van der Waals surface area contributed by atoms with Gasteiger partial charge >= 0.3 is 11.9 Å². The molecule has 2 aromatic heterocycles. The van der Waals surface area contributed by atoms with E-state index in [0.717, 1.165) is 17.4 Å². The quantitative estimate of drug-likeness (QED) is 0.232. The summed E-state index contributed by atoms with van der Waals surface area (Å²) in [6, 6.07) is 6.65. The van der Waals surface area contributed by atoms with E-state index < -0.39 is 22.8 Å². The number of carbonyl (C=O) groups is 3. The lowest BCUT2D eigenvalue weighted by Gasteiger charge is -2.06. The zero-order valence-electron chi connectivity index (χ0n) is 18.7. The summed E-state index contributed by atoms with van der Waals surface area (Å²) in [5, 5.41) is 13.5. The first-order chi connectivity index (χ1) is 16.7. The molecule has 0 aliphatic rings. The van der Waals surface area contributed by atoms with Crippen molar-refractivity contribution in [2.24, 2.45) is 0 Å². The van der Waals surface area contributed by atoms with Crippen LogP contribution in [0, 0.1) is 17.0 Å². The van der Waals surface area contributed by atoms with Crippen molar-refractivity contribution < 1.29 is 37.9 Å². The van der Waals surface area contributed by atoms with E-state index in [4.69, 9.17) is 30.2 Å². The van der Waals surface area contributed by atoms with Crippen LogP contribution in [-0.2, 0) is 16.1 Å². The summed E-state index contributed by atoms with van der Waals surface area (Å²) in [6.07, 6.45) is 0. The van der Waals surface area contributed by atoms with Crippen molar-refractivity contribution in [2.75, 3.05) is 19.0 Å². The Bertz CT molecular complexity index is 1300. The van der Waals surface area contributed by atoms with Gasteiger partial charge in [-0.15, -0.1) is 11.3 Å². The minimum absolute atomic E-state index is 0.0387. The summed E-state index contributed by atoms with van der Waals surface area (Å²) < 4.78 is 20.8. The van der Waals surface area contributed by atoms with E-state index in [1.165, 1.54) is 31.4 Å². The van der Waals surface area contributed by atoms with Gasteiger partial charge in [0.1, 0.15) is 28.0 Å². The van der Waals surface area contributed by atoms with Gasteiger partial charge < -0.3 is 23.9 Å². The number of non-ortho nitro benzene ring substituents is 1. The molecule has 3 rings (SSSR count). The number of benzene rings is 1. The molecule has 0 bridgehead atoms. The largest absolute Gasteiger partial charge is 0.484 e. The molecular weight excluding hydrogens is 504 g/mol. The number of furan rings is 1. The first-order valence-electron chi connectivity index (χ1n) is 10.0. The van der Waals surface area contributed by atoms with E-state index in [1.54, 1.807) is 13.8 Å². The number of methoxy groups -OCH3 is 1. The van der Waals surface area contributed by atoms with Gasteiger partial charge in [-0.05, 0) is 37.6 Å². The predicted octanol–water partition coefficient (Wildman–Crippen LogP) is 5.01. The SMILES string of the molecule is CCOC(=O)c1sc(NC(=O)c2ccc(COc3ccc([N+](=O)[O-])cc3Cl)o2)c(C(=O)OC)c1C. The Kier molecular flexibility index (Phi) is 8.10. The van der Waals surface area contributed by atoms with Crippen LogP contribution in [0.4, 0.5) is 10.7 Å². The van der Waals surface area contributed by atoms with Gasteiger partial charge in [0.15, 0.2) is 5.76 Å². The maximum atomic E-state index is 12.7. The average Bonchev–Trinajstić information content (AvgIpc) is 3.42. The molecular formula is C22H19ClN2O9S. The van der Waals surface area contributed by atoms with Crippen LogP contribution in [0.2, 0.25) is 5.02 Å². The summed E-state index contributed by atoms with van der Waals surface area (Å²) in [7, 11) is 1.19. The third-order valence-electron chi connectivity index (χ3n) is 4.61. The molecule has 11 nitrogen and oxygen atoms in total. The number of carbonyl (C=O) groups excluding carboxylic acids is 3. The normalized spacial score (nSPS) is 10.5. The lowest BCUT2D eigenvalue weighted by Crippen LogP contribution is -2.13. The molecule has 1 N–H and O–H groups in total. The van der Waals surface area contributed by atoms with Crippen LogP contribution in [-0.4, -0.2) is 36.5 Å². The summed E-state index contributed by atoms with van der Waals surface area (Å²) in [4.78, 5) is 47.6. The Hall–Kier alpha value is -3.90. The highest BCUT2D eigenvalue weighted by molar-refractivity contribution is 7.18. The van der Waals surface area contributed by atoms with E-state index >= 15 is 0 Å². The molecule has 0 fully saturated rings. The molecule has 0 radical (unpaired) electrons. The first-order valence-corrected chi connectivity index (χ1v) is 11.2. The number of esters is 2. The van der Waals surface area contributed by atoms with Gasteiger partial charge in [-0.25, -0.2) is 9.59 Å². The molecule has 0 spiro atoms. The van der Waals surface area contributed by atoms with Gasteiger partial charge in [-0.2, -0.15) is 0 Å². The zero-order chi connectivity index (χ0) is 25.7. The second kappa shape index (κ2) is 11.0. The topological polar surface area (TPSA) is 147 Å². The second-order valence-corrected chi connectivity index (χ2v) is 8.28. The number of nitro benzene ring substituents is 1. The third kappa shape index (κ3) is 5.78. The molecule has 13 heteroatoms. The predicted molar refractivity (Wildman–Crippen MR) is 125 cm³/mol. The summed E-state index contributed by atoms with van der Waals surface area (Å²) in [5.41, 5.74) is 0.182. The van der Waals surface area contributed by atoms with Crippen LogP contribution in [0.3, 0.4) is 0 Å². The van der Waals surface area contributed by atoms with Crippen LogP contribution in [0.25, 0.3) is 0 Å². The average molecular weight is 523 g/mol. The highest BCUT2D eigenvalue weighted by Gasteiger charge is 2.27.